The van der Waals surface area contributed by atoms with Crippen molar-refractivity contribution in [2.24, 2.45) is 17.6 Å². The minimum absolute atomic E-state index is 0.0467. The van der Waals surface area contributed by atoms with Gasteiger partial charge in [-0.2, -0.15) is 0 Å². The molecular weight excluding hydrogens is 458 g/mol. The summed E-state index contributed by atoms with van der Waals surface area (Å²) in [5.41, 5.74) is 2.57. The number of nitrogens with one attached hydrogen (secondary N) is 1. The summed E-state index contributed by atoms with van der Waals surface area (Å²) in [6, 6.07) is 1.72. The molecule has 1 aromatic heterocycles. The summed E-state index contributed by atoms with van der Waals surface area (Å²) < 4.78 is 5.33. The third-order valence-electron chi connectivity index (χ3n) is 7.78. The third-order valence-corrected chi connectivity index (χ3v) is 7.78. The van der Waals surface area contributed by atoms with Crippen LogP contribution >= 0.6 is 0 Å². The van der Waals surface area contributed by atoms with Crippen molar-refractivity contribution < 1.29 is 34.1 Å². The van der Waals surface area contributed by atoms with Crippen LogP contribution in [-0.4, -0.2) is 57.5 Å². The number of carbonyl (C=O) groups is 3. The molecule has 2 aromatic rings. The monoisotopic (exact) mass is 483 g/mol. The predicted octanol–water partition coefficient (Wildman–Crippen LogP) is 0.954. The highest BCUT2D eigenvalue weighted by atomic mass is 16.4. The zero-order chi connectivity index (χ0) is 25.8. The van der Waals surface area contributed by atoms with Crippen LogP contribution in [0.2, 0.25) is 0 Å². The Kier molecular flexibility index (Phi) is 4.48. The molecule has 1 aromatic carbocycles. The number of ketones is 2. The van der Waals surface area contributed by atoms with Crippen LogP contribution in [0, 0.1) is 11.8 Å². The molecule has 0 radical (unpaired) electrons. The van der Waals surface area contributed by atoms with E-state index in [1.165, 1.54) is 0 Å². The number of hydrogen-bond donors (Lipinski definition) is 5. The Bertz CT molecular complexity index is 1490. The minimum atomic E-state index is -2.61. The zero-order valence-corrected chi connectivity index (χ0v) is 19.6. The lowest BCUT2D eigenvalue weighted by Crippen LogP contribution is -2.60. The largest absolute Gasteiger partial charge is 0.508 e. The maximum atomic E-state index is 13.8. The Hall–Kier alpha value is -3.86. The summed E-state index contributed by atoms with van der Waals surface area (Å²) >= 11 is 0. The van der Waals surface area contributed by atoms with E-state index in [0.29, 0.717) is 16.8 Å². The maximum absolute atomic E-state index is 13.8. The topological polar surface area (TPSA) is 187 Å². The molecule has 184 valence electrons. The summed E-state index contributed by atoms with van der Waals surface area (Å²) in [6.45, 7) is 3.72. The first-order valence-corrected chi connectivity index (χ1v) is 11.1. The van der Waals surface area contributed by atoms with E-state index in [1.54, 1.807) is 20.2 Å². The molecule has 3 aliphatic rings. The fourth-order valence-electron chi connectivity index (χ4n) is 6.10. The van der Waals surface area contributed by atoms with Crippen LogP contribution in [0.15, 0.2) is 32.2 Å². The van der Waals surface area contributed by atoms with Crippen LogP contribution in [-0.2, 0) is 19.8 Å². The number of carbonyl (C=O) groups excluding carboxylic acids is 3. The lowest BCUT2D eigenvalue weighted by Gasteiger charge is -2.51. The highest BCUT2D eigenvalue weighted by molar-refractivity contribution is 6.23. The lowest BCUT2D eigenvalue weighted by atomic mass is 9.53. The van der Waals surface area contributed by atoms with E-state index in [1.807, 2.05) is 18.7 Å². The molecule has 0 unspecified atom stereocenters. The first-order valence-electron chi connectivity index (χ1n) is 11.1. The molecule has 1 saturated carbocycles. The molecule has 1 heterocycles. The molecule has 1 fully saturated rings. The number of H-pyrrole nitrogens is 1. The van der Waals surface area contributed by atoms with Gasteiger partial charge >= 0.3 is 5.76 Å². The van der Waals surface area contributed by atoms with Gasteiger partial charge in [0.2, 0.25) is 5.78 Å². The molecule has 1 amide bonds. The lowest BCUT2D eigenvalue weighted by molar-refractivity contribution is -0.148. The second-order valence-electron chi connectivity index (χ2n) is 10.2. The molecule has 11 heteroatoms. The molecule has 0 bridgehead atoms. The van der Waals surface area contributed by atoms with Crippen molar-refractivity contribution in [3.63, 3.8) is 0 Å². The number of benzene rings is 1. The number of oxazole rings is 1. The number of aromatic amines is 1. The zero-order valence-electron chi connectivity index (χ0n) is 19.6. The first-order chi connectivity index (χ1) is 16.2. The van der Waals surface area contributed by atoms with Gasteiger partial charge in [0.05, 0.1) is 11.1 Å². The fraction of sp³-hybridized carbons (Fsp3) is 0.417. The van der Waals surface area contributed by atoms with Crippen LogP contribution in [0.25, 0.3) is 16.9 Å². The van der Waals surface area contributed by atoms with E-state index in [2.05, 4.69) is 4.98 Å². The number of aliphatic hydroxyl groups excluding tert-OH is 2. The standard InChI is InChI=1S/C24H25N3O8/c1-23(2)9-5-8-6-12(28)14(21(25)32)20(31)24(8,34)19(30)13(9)17(29)15-16(23)11(27(3)4)7-10-18(15)35-22(33)26-10/h7-9,29,31,34H,5-6H2,1-4H3,(H2,25,32)(H,26,33)/t8-,9-,24-/m0/s1. The number of anilines is 1. The normalized spacial score (nSPS) is 27.6. The first kappa shape index (κ1) is 22.9. The van der Waals surface area contributed by atoms with E-state index in [0.717, 1.165) is 0 Å². The molecule has 0 aliphatic heterocycles. The average Bonchev–Trinajstić information content (AvgIpc) is 3.13. The number of primary amides is 1. The fourth-order valence-corrected chi connectivity index (χ4v) is 6.10. The molecule has 0 saturated heterocycles. The van der Waals surface area contributed by atoms with Gasteiger partial charge in [0.15, 0.2) is 17.0 Å². The number of aromatic nitrogens is 1. The Morgan fingerprint density at radius 3 is 2.49 bits per heavy atom. The van der Waals surface area contributed by atoms with Gasteiger partial charge in [-0.3, -0.25) is 19.4 Å². The van der Waals surface area contributed by atoms with Crippen molar-refractivity contribution in [2.45, 2.75) is 37.7 Å². The maximum Gasteiger partial charge on any atom is 0.417 e. The van der Waals surface area contributed by atoms with Gasteiger partial charge in [-0.1, -0.05) is 13.8 Å². The summed E-state index contributed by atoms with van der Waals surface area (Å²) in [7, 11) is 3.59. The van der Waals surface area contributed by atoms with Crippen molar-refractivity contribution >= 4 is 40.0 Å². The summed E-state index contributed by atoms with van der Waals surface area (Å²) in [5.74, 6) is -7.08. The molecule has 0 spiro atoms. The van der Waals surface area contributed by atoms with E-state index in [9.17, 15) is 34.5 Å². The van der Waals surface area contributed by atoms with Crippen LogP contribution < -0.4 is 16.4 Å². The SMILES string of the molecule is CN(C)c1cc2[nH]c(=O)oc2c2c1C(C)(C)[C@H]1C[C@H]3CC(=O)C(C(N)=O)=C(O)[C@@]3(O)C(=O)C1=C2O. The van der Waals surface area contributed by atoms with Crippen molar-refractivity contribution in [3.05, 3.63) is 44.6 Å². The molecule has 11 nitrogen and oxygen atoms in total. The van der Waals surface area contributed by atoms with Gasteiger partial charge in [-0.15, -0.1) is 0 Å². The molecule has 3 atom stereocenters. The van der Waals surface area contributed by atoms with E-state index in [4.69, 9.17) is 10.2 Å². The smallest absolute Gasteiger partial charge is 0.417 e. The number of Topliss-reactive ketones (excluding diaryl/α,β-unsaturated/α-hetero) is 2. The third kappa shape index (κ3) is 2.69. The Labute approximate surface area is 198 Å². The van der Waals surface area contributed by atoms with Crippen LogP contribution in [0.1, 0.15) is 37.8 Å². The Morgan fingerprint density at radius 2 is 1.89 bits per heavy atom. The summed E-state index contributed by atoms with van der Waals surface area (Å²) in [6.07, 6.45) is -0.317. The van der Waals surface area contributed by atoms with Gasteiger partial charge in [0, 0.05) is 43.6 Å². The van der Waals surface area contributed by atoms with Crippen LogP contribution in [0.5, 0.6) is 0 Å². The van der Waals surface area contributed by atoms with Gasteiger partial charge < -0.3 is 30.4 Å². The number of rotatable bonds is 2. The van der Waals surface area contributed by atoms with Crippen molar-refractivity contribution in [1.29, 1.82) is 0 Å². The molecule has 5 rings (SSSR count). The second-order valence-corrected chi connectivity index (χ2v) is 10.2. The number of nitrogens with two attached hydrogens (primary N) is 1. The predicted molar refractivity (Wildman–Crippen MR) is 124 cm³/mol. The van der Waals surface area contributed by atoms with Crippen LogP contribution in [0.3, 0.4) is 0 Å². The number of fused-ring (bicyclic) bond motifs is 5. The van der Waals surface area contributed by atoms with E-state index < -0.39 is 63.2 Å². The summed E-state index contributed by atoms with van der Waals surface area (Å²) in [4.78, 5) is 54.6. The number of nitrogens with zero attached hydrogens (tertiary/aromatic N) is 1. The van der Waals surface area contributed by atoms with Gasteiger partial charge in [-0.05, 0) is 23.5 Å². The van der Waals surface area contributed by atoms with Crippen molar-refractivity contribution in [3.8, 4) is 0 Å². The summed E-state index contributed by atoms with van der Waals surface area (Å²) in [5, 5.41) is 33.7. The minimum Gasteiger partial charge on any atom is -0.508 e. The molecule has 3 aliphatic carbocycles. The quantitative estimate of drug-likeness (QED) is 0.388. The van der Waals surface area contributed by atoms with E-state index >= 15 is 0 Å². The highest BCUT2D eigenvalue weighted by Gasteiger charge is 2.63. The van der Waals surface area contributed by atoms with Gasteiger partial charge in [0.1, 0.15) is 17.1 Å². The molecule has 6 N–H and O–H groups in total. The Balaban J connectivity index is 1.87. The average molecular weight is 483 g/mol. The van der Waals surface area contributed by atoms with Crippen molar-refractivity contribution in [1.82, 2.24) is 4.98 Å². The van der Waals surface area contributed by atoms with Crippen molar-refractivity contribution in [2.75, 3.05) is 19.0 Å². The number of aliphatic hydroxyl groups is 3. The second kappa shape index (κ2) is 6.85. The van der Waals surface area contributed by atoms with Gasteiger partial charge in [0.25, 0.3) is 5.91 Å². The number of hydrogen-bond acceptors (Lipinski definition) is 9. The molecular formula is C24H25N3O8. The highest BCUT2D eigenvalue weighted by Crippen LogP contribution is 2.58. The Morgan fingerprint density at radius 1 is 1.23 bits per heavy atom. The van der Waals surface area contributed by atoms with Gasteiger partial charge in [-0.25, -0.2) is 4.79 Å². The van der Waals surface area contributed by atoms with E-state index in [-0.39, 0.29) is 29.6 Å². The molecule has 35 heavy (non-hydrogen) atoms. The van der Waals surface area contributed by atoms with Crippen LogP contribution in [0.4, 0.5) is 5.69 Å². The number of amides is 1.